The van der Waals surface area contributed by atoms with Gasteiger partial charge in [0.05, 0.1) is 10.5 Å². The van der Waals surface area contributed by atoms with Crippen LogP contribution in [0.5, 0.6) is 0 Å². The third-order valence-corrected chi connectivity index (χ3v) is 6.78. The van der Waals surface area contributed by atoms with Gasteiger partial charge in [0, 0.05) is 16.3 Å². The number of hydrogen-bond donors (Lipinski definition) is 1. The lowest BCUT2D eigenvalue weighted by molar-refractivity contribution is 0.562. The maximum absolute atomic E-state index is 12.0. The van der Waals surface area contributed by atoms with Gasteiger partial charge in [-0.3, -0.25) is 0 Å². The van der Waals surface area contributed by atoms with E-state index in [2.05, 4.69) is 0 Å². The fourth-order valence-corrected chi connectivity index (χ4v) is 3.90. The van der Waals surface area contributed by atoms with Crippen molar-refractivity contribution >= 4 is 27.3 Å². The van der Waals surface area contributed by atoms with E-state index in [0.717, 1.165) is 10.5 Å². The predicted octanol–water partition coefficient (Wildman–Crippen LogP) is 2.88. The Kier molecular flexibility index (Phi) is 4.72. The highest BCUT2D eigenvalue weighted by Crippen LogP contribution is 2.26. The van der Waals surface area contributed by atoms with Gasteiger partial charge in [0.25, 0.3) is 0 Å². The van der Waals surface area contributed by atoms with Crippen molar-refractivity contribution in [3.8, 4) is 0 Å². The van der Waals surface area contributed by atoms with Crippen molar-refractivity contribution in [2.75, 3.05) is 17.2 Å². The topological polar surface area (TPSA) is 60.2 Å². The van der Waals surface area contributed by atoms with Crippen LogP contribution in [0.3, 0.4) is 0 Å². The molecule has 1 rings (SSSR count). The summed E-state index contributed by atoms with van der Waals surface area (Å²) in [5, 5.41) is 0. The zero-order valence-corrected chi connectivity index (χ0v) is 13.0. The van der Waals surface area contributed by atoms with Gasteiger partial charge in [-0.15, -0.1) is 11.8 Å². The van der Waals surface area contributed by atoms with Crippen molar-refractivity contribution < 1.29 is 8.42 Å². The maximum Gasteiger partial charge on any atom is 0.156 e. The average molecular weight is 287 g/mol. The van der Waals surface area contributed by atoms with Crippen molar-refractivity contribution in [1.29, 1.82) is 0 Å². The molecule has 0 heterocycles. The largest absolute Gasteiger partial charge is 0.399 e. The summed E-state index contributed by atoms with van der Waals surface area (Å²) < 4.78 is 23.2. The van der Waals surface area contributed by atoms with Gasteiger partial charge in [-0.25, -0.2) is 8.42 Å². The number of anilines is 1. The molecule has 5 heteroatoms. The minimum absolute atomic E-state index is 0.190. The Morgan fingerprint density at radius 3 is 2.44 bits per heavy atom. The minimum Gasteiger partial charge on any atom is -0.399 e. The molecule has 3 nitrogen and oxygen atoms in total. The Hall–Kier alpha value is -0.680. The van der Waals surface area contributed by atoms with Crippen molar-refractivity contribution in [2.24, 2.45) is 0 Å². The van der Waals surface area contributed by atoms with E-state index in [4.69, 9.17) is 5.73 Å². The molecule has 0 fully saturated rings. The number of aryl methyl sites for hydroxylation is 1. The first-order valence-corrected chi connectivity index (χ1v) is 8.48. The van der Waals surface area contributed by atoms with Crippen LogP contribution in [0.4, 0.5) is 5.69 Å². The molecule has 0 aliphatic carbocycles. The lowest BCUT2D eigenvalue weighted by Gasteiger charge is -2.19. The van der Waals surface area contributed by atoms with E-state index in [1.807, 2.05) is 25.1 Å². The summed E-state index contributed by atoms with van der Waals surface area (Å²) >= 11 is 1.55. The zero-order chi connectivity index (χ0) is 14.0. The summed E-state index contributed by atoms with van der Waals surface area (Å²) in [6.07, 6.45) is 0. The number of nitrogens with two attached hydrogens (primary N) is 1. The molecule has 102 valence electrons. The summed E-state index contributed by atoms with van der Waals surface area (Å²) in [5.74, 6) is 0.749. The molecule has 1 aromatic rings. The van der Waals surface area contributed by atoms with E-state index in [9.17, 15) is 8.42 Å². The fourth-order valence-electron chi connectivity index (χ4n) is 1.34. The van der Waals surface area contributed by atoms with Gasteiger partial charge in [-0.1, -0.05) is 6.07 Å². The molecule has 0 aromatic heterocycles. The second-order valence-corrected chi connectivity index (χ2v) is 9.30. The van der Waals surface area contributed by atoms with Crippen molar-refractivity contribution in [3.63, 3.8) is 0 Å². The van der Waals surface area contributed by atoms with Crippen LogP contribution in [-0.2, 0) is 9.84 Å². The highest BCUT2D eigenvalue weighted by Gasteiger charge is 2.28. The molecular formula is C13H21NO2S2. The minimum atomic E-state index is -3.04. The third kappa shape index (κ3) is 3.92. The molecule has 0 saturated heterocycles. The molecule has 0 atom stereocenters. The molecule has 1 aromatic carbocycles. The van der Waals surface area contributed by atoms with Crippen molar-refractivity contribution in [3.05, 3.63) is 23.8 Å². The lowest BCUT2D eigenvalue weighted by Crippen LogP contribution is -2.31. The molecule has 0 bridgehead atoms. The van der Waals surface area contributed by atoms with Crippen LogP contribution in [0.1, 0.15) is 26.3 Å². The molecular weight excluding hydrogens is 266 g/mol. The first kappa shape index (κ1) is 15.4. The highest BCUT2D eigenvalue weighted by atomic mass is 32.2. The molecule has 0 unspecified atom stereocenters. The van der Waals surface area contributed by atoms with Crippen molar-refractivity contribution in [2.45, 2.75) is 37.3 Å². The first-order chi connectivity index (χ1) is 8.13. The Morgan fingerprint density at radius 2 is 1.89 bits per heavy atom. The fraction of sp³-hybridized carbons (Fsp3) is 0.538. The van der Waals surface area contributed by atoms with Crippen LogP contribution in [0.2, 0.25) is 0 Å². The molecule has 18 heavy (non-hydrogen) atoms. The van der Waals surface area contributed by atoms with E-state index in [1.54, 1.807) is 32.5 Å². The number of hydrogen-bond acceptors (Lipinski definition) is 4. The Bertz CT molecular complexity index is 516. The second kappa shape index (κ2) is 5.53. The summed E-state index contributed by atoms with van der Waals surface area (Å²) in [5.41, 5.74) is 7.56. The third-order valence-electron chi connectivity index (χ3n) is 2.75. The highest BCUT2D eigenvalue weighted by molar-refractivity contribution is 8.01. The van der Waals surface area contributed by atoms with E-state index >= 15 is 0 Å². The standard InChI is InChI=1S/C13H21NO2S2/c1-10-5-6-11(14)9-12(10)17-7-8-18(15,16)13(2,3)4/h5-6,9H,7-8,14H2,1-4H3. The number of rotatable bonds is 4. The van der Waals surface area contributed by atoms with Crippen LogP contribution < -0.4 is 5.73 Å². The van der Waals surface area contributed by atoms with Gasteiger partial charge in [0.15, 0.2) is 9.84 Å². The van der Waals surface area contributed by atoms with E-state index in [-0.39, 0.29) is 5.75 Å². The molecule has 2 N–H and O–H groups in total. The van der Waals surface area contributed by atoms with E-state index in [0.29, 0.717) is 11.4 Å². The molecule has 0 amide bonds. The van der Waals surface area contributed by atoms with Gasteiger partial charge in [0.1, 0.15) is 0 Å². The second-order valence-electron chi connectivity index (χ2n) is 5.30. The van der Waals surface area contributed by atoms with Crippen LogP contribution in [0, 0.1) is 6.92 Å². The monoisotopic (exact) mass is 287 g/mol. The number of nitrogen functional groups attached to an aromatic ring is 1. The van der Waals surface area contributed by atoms with Gasteiger partial charge < -0.3 is 5.73 Å². The number of thioether (sulfide) groups is 1. The summed E-state index contributed by atoms with van der Waals surface area (Å²) in [7, 11) is -3.04. The SMILES string of the molecule is Cc1ccc(N)cc1SCCS(=O)(=O)C(C)(C)C. The zero-order valence-electron chi connectivity index (χ0n) is 11.4. The normalized spacial score (nSPS) is 12.7. The van der Waals surface area contributed by atoms with E-state index < -0.39 is 14.6 Å². The Labute approximate surface area is 114 Å². The molecule has 0 spiro atoms. The number of sulfone groups is 1. The van der Waals surface area contributed by atoms with Crippen LogP contribution in [0.25, 0.3) is 0 Å². The van der Waals surface area contributed by atoms with Crippen molar-refractivity contribution in [1.82, 2.24) is 0 Å². The van der Waals surface area contributed by atoms with E-state index in [1.165, 1.54) is 0 Å². The van der Waals surface area contributed by atoms with Gasteiger partial charge in [0.2, 0.25) is 0 Å². The smallest absolute Gasteiger partial charge is 0.156 e. The molecule has 0 aliphatic heterocycles. The number of benzene rings is 1. The Balaban J connectivity index is 2.65. The predicted molar refractivity (Wildman–Crippen MR) is 79.9 cm³/mol. The van der Waals surface area contributed by atoms with Crippen LogP contribution >= 0.6 is 11.8 Å². The maximum atomic E-state index is 12.0. The molecule has 0 radical (unpaired) electrons. The van der Waals surface area contributed by atoms with Gasteiger partial charge in [-0.2, -0.15) is 0 Å². The molecule has 0 saturated carbocycles. The lowest BCUT2D eigenvalue weighted by atomic mass is 10.2. The quantitative estimate of drug-likeness (QED) is 0.683. The van der Waals surface area contributed by atoms with Gasteiger partial charge in [-0.05, 0) is 45.4 Å². The first-order valence-electron chi connectivity index (χ1n) is 5.85. The molecule has 0 aliphatic rings. The average Bonchev–Trinajstić information content (AvgIpc) is 2.21. The summed E-state index contributed by atoms with van der Waals surface area (Å²) in [4.78, 5) is 1.05. The summed E-state index contributed by atoms with van der Waals surface area (Å²) in [6.45, 7) is 7.20. The van der Waals surface area contributed by atoms with Gasteiger partial charge >= 0.3 is 0 Å². The van der Waals surface area contributed by atoms with Crippen LogP contribution in [-0.4, -0.2) is 24.7 Å². The van der Waals surface area contributed by atoms with Crippen LogP contribution in [0.15, 0.2) is 23.1 Å². The Morgan fingerprint density at radius 1 is 1.28 bits per heavy atom. The summed E-state index contributed by atoms with van der Waals surface area (Å²) in [6, 6.07) is 5.70.